The predicted molar refractivity (Wildman–Crippen MR) is 74.2 cm³/mol. The third-order valence-electron chi connectivity index (χ3n) is 2.55. The molecule has 0 fully saturated rings. The Bertz CT molecular complexity index is 628. The molecule has 0 aliphatic rings. The van der Waals surface area contributed by atoms with E-state index in [-0.39, 0.29) is 18.4 Å². The number of thiophene rings is 1. The molecule has 19 heavy (non-hydrogen) atoms. The molecule has 0 radical (unpaired) electrons. The van der Waals surface area contributed by atoms with Crippen LogP contribution < -0.4 is 5.32 Å². The van der Waals surface area contributed by atoms with E-state index in [2.05, 4.69) is 10.4 Å². The lowest BCUT2D eigenvalue weighted by atomic mass is 10.1. The van der Waals surface area contributed by atoms with E-state index in [4.69, 9.17) is 16.9 Å². The highest BCUT2D eigenvalue weighted by atomic mass is 35.5. The Balaban J connectivity index is 2.02. The number of aromatic nitrogens is 2. The summed E-state index contributed by atoms with van der Waals surface area (Å²) in [6.07, 6.45) is 3.14. The lowest BCUT2D eigenvalue weighted by molar-refractivity contribution is -0.117. The van der Waals surface area contributed by atoms with Crippen LogP contribution >= 0.6 is 22.9 Å². The quantitative estimate of drug-likeness (QED) is 0.942. The second kappa shape index (κ2) is 5.87. The number of carbonyl (C=O) groups is 1. The highest BCUT2D eigenvalue weighted by Crippen LogP contribution is 2.28. The third-order valence-corrected chi connectivity index (χ3v) is 3.96. The minimum absolute atomic E-state index is 0.130. The van der Waals surface area contributed by atoms with Crippen LogP contribution in [-0.2, 0) is 11.3 Å². The Morgan fingerprint density at radius 3 is 3.11 bits per heavy atom. The van der Waals surface area contributed by atoms with Crippen LogP contribution in [0.15, 0.2) is 24.5 Å². The molecule has 7 heteroatoms. The summed E-state index contributed by atoms with van der Waals surface area (Å²) in [5.74, 6) is -0.410. The Morgan fingerprint density at radius 2 is 2.47 bits per heavy atom. The van der Waals surface area contributed by atoms with Crippen molar-refractivity contribution in [1.82, 2.24) is 9.78 Å². The molecule has 98 valence electrons. The molecule has 1 amide bonds. The summed E-state index contributed by atoms with van der Waals surface area (Å²) in [4.78, 5) is 12.9. The van der Waals surface area contributed by atoms with Crippen molar-refractivity contribution in [3.63, 3.8) is 0 Å². The Morgan fingerprint density at radius 1 is 1.68 bits per heavy atom. The molecule has 2 aromatic rings. The second-order valence-corrected chi connectivity index (χ2v) is 5.68. The molecular formula is C12H11ClN4OS. The average Bonchev–Trinajstić information content (AvgIpc) is 2.98. The topological polar surface area (TPSA) is 70.7 Å². The first-order valence-corrected chi connectivity index (χ1v) is 6.75. The van der Waals surface area contributed by atoms with Gasteiger partial charge in [-0.3, -0.25) is 9.48 Å². The summed E-state index contributed by atoms with van der Waals surface area (Å²) < 4.78 is 2.12. The summed E-state index contributed by atoms with van der Waals surface area (Å²) >= 11 is 7.24. The van der Waals surface area contributed by atoms with Gasteiger partial charge in [-0.15, -0.1) is 11.3 Å². The van der Waals surface area contributed by atoms with Gasteiger partial charge in [-0.25, -0.2) is 0 Å². The number of anilines is 1. The van der Waals surface area contributed by atoms with Gasteiger partial charge < -0.3 is 5.32 Å². The minimum atomic E-state index is -0.281. The molecule has 0 aromatic carbocycles. The zero-order valence-corrected chi connectivity index (χ0v) is 11.7. The number of rotatable bonds is 4. The summed E-state index contributed by atoms with van der Waals surface area (Å²) in [6.45, 7) is 1.98. The zero-order valence-electron chi connectivity index (χ0n) is 10.1. The van der Waals surface area contributed by atoms with Crippen LogP contribution in [-0.4, -0.2) is 15.7 Å². The minimum Gasteiger partial charge on any atom is -0.323 e. The first-order valence-electron chi connectivity index (χ1n) is 5.55. The zero-order chi connectivity index (χ0) is 13.8. The van der Waals surface area contributed by atoms with Crippen LogP contribution in [0.4, 0.5) is 5.69 Å². The summed E-state index contributed by atoms with van der Waals surface area (Å²) in [7, 11) is 0. The van der Waals surface area contributed by atoms with E-state index in [9.17, 15) is 4.79 Å². The van der Waals surface area contributed by atoms with Crippen molar-refractivity contribution in [2.75, 3.05) is 5.32 Å². The Kier molecular flexibility index (Phi) is 4.20. The van der Waals surface area contributed by atoms with E-state index >= 15 is 0 Å². The molecule has 2 heterocycles. The smallest absolute Gasteiger partial charge is 0.232 e. The fraction of sp³-hybridized carbons (Fsp3) is 0.250. The fourth-order valence-corrected chi connectivity index (χ4v) is 2.64. The molecule has 0 spiro atoms. The van der Waals surface area contributed by atoms with Crippen molar-refractivity contribution in [3.05, 3.63) is 33.7 Å². The molecule has 0 aliphatic carbocycles. The van der Waals surface area contributed by atoms with Crippen molar-refractivity contribution < 1.29 is 4.79 Å². The lowest BCUT2D eigenvalue weighted by Gasteiger charge is -2.08. The van der Waals surface area contributed by atoms with Gasteiger partial charge >= 0.3 is 0 Å². The lowest BCUT2D eigenvalue weighted by Crippen LogP contribution is -2.17. The van der Waals surface area contributed by atoms with E-state index in [1.54, 1.807) is 12.3 Å². The van der Waals surface area contributed by atoms with Gasteiger partial charge in [0, 0.05) is 11.1 Å². The average molecular weight is 295 g/mol. The normalized spacial score (nSPS) is 11.8. The highest BCUT2D eigenvalue weighted by Gasteiger charge is 2.17. The number of nitrogens with one attached hydrogen (secondary N) is 1. The van der Waals surface area contributed by atoms with Crippen molar-refractivity contribution in [1.29, 1.82) is 5.26 Å². The maximum absolute atomic E-state index is 12.0. The van der Waals surface area contributed by atoms with Crippen molar-refractivity contribution >= 4 is 34.5 Å². The van der Waals surface area contributed by atoms with Gasteiger partial charge in [0.15, 0.2) is 0 Å². The Hall–Kier alpha value is -1.84. The van der Waals surface area contributed by atoms with E-state index in [1.165, 1.54) is 22.2 Å². The third kappa shape index (κ3) is 3.34. The number of halogens is 1. The number of nitriles is 1. The van der Waals surface area contributed by atoms with E-state index in [1.807, 2.05) is 19.1 Å². The van der Waals surface area contributed by atoms with E-state index < -0.39 is 0 Å². The van der Waals surface area contributed by atoms with Gasteiger partial charge in [0.1, 0.15) is 6.54 Å². The largest absolute Gasteiger partial charge is 0.323 e. The molecular weight excluding hydrogens is 284 g/mol. The second-order valence-electron chi connectivity index (χ2n) is 3.94. The molecule has 0 bridgehead atoms. The molecule has 2 rings (SSSR count). The maximum atomic E-state index is 12.0. The van der Waals surface area contributed by atoms with Crippen LogP contribution in [0, 0.1) is 11.3 Å². The Labute approximate surface area is 119 Å². The molecule has 0 aliphatic heterocycles. The monoisotopic (exact) mass is 294 g/mol. The SMILES string of the molecule is C[C@H](C(=O)Nc1cnn(CC#N)c1)c1ccc(Cl)s1. The molecule has 2 aromatic heterocycles. The fourth-order valence-electron chi connectivity index (χ4n) is 1.53. The predicted octanol–water partition coefficient (Wildman–Crippen LogP) is 2.86. The van der Waals surface area contributed by atoms with Gasteiger partial charge in [-0.05, 0) is 19.1 Å². The first-order chi connectivity index (χ1) is 9.10. The van der Waals surface area contributed by atoms with Crippen LogP contribution in [0.2, 0.25) is 4.34 Å². The van der Waals surface area contributed by atoms with Gasteiger partial charge in [0.2, 0.25) is 5.91 Å². The van der Waals surface area contributed by atoms with Crippen molar-refractivity contribution in [3.8, 4) is 6.07 Å². The van der Waals surface area contributed by atoms with Crippen LogP contribution in [0.25, 0.3) is 0 Å². The molecule has 1 atom stereocenters. The number of nitrogens with zero attached hydrogens (tertiary/aromatic N) is 3. The van der Waals surface area contributed by atoms with Gasteiger partial charge in [-0.1, -0.05) is 11.6 Å². The summed E-state index contributed by atoms with van der Waals surface area (Å²) in [6, 6.07) is 5.59. The van der Waals surface area contributed by atoms with Crippen LogP contribution in [0.5, 0.6) is 0 Å². The molecule has 0 saturated carbocycles. The van der Waals surface area contributed by atoms with E-state index in [0.29, 0.717) is 10.0 Å². The highest BCUT2D eigenvalue weighted by molar-refractivity contribution is 7.16. The molecule has 0 saturated heterocycles. The standard InChI is InChI=1S/C12H11ClN4OS/c1-8(10-2-3-11(13)19-10)12(18)16-9-6-15-17(7-9)5-4-14/h2-3,6-8H,5H2,1H3,(H,16,18)/t8-/m0/s1. The summed E-state index contributed by atoms with van der Waals surface area (Å²) in [5, 5.41) is 15.3. The number of hydrogen-bond acceptors (Lipinski definition) is 4. The van der Waals surface area contributed by atoms with Crippen LogP contribution in [0.1, 0.15) is 17.7 Å². The number of hydrogen-bond donors (Lipinski definition) is 1. The first kappa shape index (κ1) is 13.6. The van der Waals surface area contributed by atoms with Gasteiger partial charge in [0.05, 0.1) is 28.2 Å². The number of carbonyl (C=O) groups excluding carboxylic acids is 1. The molecule has 0 unspecified atom stereocenters. The van der Waals surface area contributed by atoms with E-state index in [0.717, 1.165) is 4.88 Å². The molecule has 1 N–H and O–H groups in total. The van der Waals surface area contributed by atoms with Crippen LogP contribution in [0.3, 0.4) is 0 Å². The molecule has 5 nitrogen and oxygen atoms in total. The summed E-state index contributed by atoms with van der Waals surface area (Å²) in [5.41, 5.74) is 0.578. The maximum Gasteiger partial charge on any atom is 0.232 e. The van der Waals surface area contributed by atoms with Crippen molar-refractivity contribution in [2.24, 2.45) is 0 Å². The van der Waals surface area contributed by atoms with Crippen molar-refractivity contribution in [2.45, 2.75) is 19.4 Å². The van der Waals surface area contributed by atoms with Gasteiger partial charge in [0.25, 0.3) is 0 Å². The number of amides is 1. The van der Waals surface area contributed by atoms with Gasteiger partial charge in [-0.2, -0.15) is 10.4 Å².